The summed E-state index contributed by atoms with van der Waals surface area (Å²) in [7, 11) is 1.88. The number of aryl methyl sites for hydroxylation is 1. The topological polar surface area (TPSA) is 63.1 Å². The molecule has 2 aliphatic carbocycles. The van der Waals surface area contributed by atoms with E-state index in [-0.39, 0.29) is 17.5 Å². The molecule has 6 nitrogen and oxygen atoms in total. The minimum absolute atomic E-state index is 0.0577. The van der Waals surface area contributed by atoms with E-state index >= 15 is 0 Å². The third-order valence-electron chi connectivity index (χ3n) is 8.52. The van der Waals surface area contributed by atoms with Crippen LogP contribution in [-0.4, -0.2) is 32.4 Å². The van der Waals surface area contributed by atoms with Crippen LogP contribution in [0.4, 0.5) is 10.1 Å². The number of hydrogen-bond acceptors (Lipinski definition) is 4. The number of anilines is 1. The summed E-state index contributed by atoms with van der Waals surface area (Å²) >= 11 is 6.73. The first-order valence-corrected chi connectivity index (χ1v) is 13.1. The number of nitrogens with one attached hydrogen (secondary N) is 1. The zero-order valence-electron chi connectivity index (χ0n) is 20.9. The molecular weight excluding hydrogens is 477 g/mol. The average molecular weight is 508 g/mol. The molecule has 1 aliphatic heterocycles. The lowest BCUT2D eigenvalue weighted by molar-refractivity contribution is 0.0995. The maximum atomic E-state index is 14.2. The van der Waals surface area contributed by atoms with Crippen LogP contribution in [0.15, 0.2) is 42.7 Å². The van der Waals surface area contributed by atoms with E-state index in [4.69, 9.17) is 11.6 Å². The second kappa shape index (κ2) is 8.38. The zero-order chi connectivity index (χ0) is 25.2. The lowest BCUT2D eigenvalue weighted by Crippen LogP contribution is -2.49. The average Bonchev–Trinajstić information content (AvgIpc) is 3.39. The highest BCUT2D eigenvalue weighted by Gasteiger charge is 2.50. The molecule has 1 N–H and O–H groups in total. The van der Waals surface area contributed by atoms with Crippen LogP contribution in [0.3, 0.4) is 0 Å². The lowest BCUT2D eigenvalue weighted by Gasteiger charge is -2.43. The van der Waals surface area contributed by atoms with E-state index < -0.39 is 11.6 Å². The van der Waals surface area contributed by atoms with Gasteiger partial charge < -0.3 is 14.8 Å². The van der Waals surface area contributed by atoms with Gasteiger partial charge in [0.1, 0.15) is 18.3 Å². The molecule has 0 radical (unpaired) electrons. The molecular formula is C28H31ClFN5O. The fourth-order valence-electron chi connectivity index (χ4n) is 6.23. The number of hydrogen-bond donors (Lipinski definition) is 1. The fraction of sp³-hybridized carbons (Fsp3) is 0.464. The normalized spacial score (nSPS) is 25.3. The maximum absolute atomic E-state index is 14.2. The Morgan fingerprint density at radius 2 is 2.00 bits per heavy atom. The predicted octanol–water partition coefficient (Wildman–Crippen LogP) is 5.64. The monoisotopic (exact) mass is 507 g/mol. The Hall–Kier alpha value is -2.77. The van der Waals surface area contributed by atoms with Crippen LogP contribution >= 0.6 is 11.6 Å². The number of benzene rings is 2. The van der Waals surface area contributed by atoms with Crippen molar-refractivity contribution < 1.29 is 9.18 Å². The first-order valence-electron chi connectivity index (χ1n) is 12.7. The van der Waals surface area contributed by atoms with Crippen molar-refractivity contribution in [2.75, 3.05) is 4.90 Å². The molecule has 1 amide bonds. The highest BCUT2D eigenvalue weighted by atomic mass is 35.5. The number of amides is 1. The van der Waals surface area contributed by atoms with Gasteiger partial charge in [-0.2, -0.15) is 0 Å². The third kappa shape index (κ3) is 3.67. The molecule has 3 aliphatic rings. The molecule has 0 bridgehead atoms. The van der Waals surface area contributed by atoms with Crippen molar-refractivity contribution >= 4 is 23.2 Å². The van der Waals surface area contributed by atoms with Crippen molar-refractivity contribution in [2.45, 2.75) is 75.7 Å². The van der Waals surface area contributed by atoms with Gasteiger partial charge in [-0.05, 0) is 81.3 Å². The van der Waals surface area contributed by atoms with Gasteiger partial charge in [0.05, 0.1) is 12.0 Å². The van der Waals surface area contributed by atoms with Crippen LogP contribution in [-0.2, 0) is 19.0 Å². The summed E-state index contributed by atoms with van der Waals surface area (Å²) in [5, 5.41) is 12.7. The summed E-state index contributed by atoms with van der Waals surface area (Å²) in [6.45, 7) is 4.80. The Morgan fingerprint density at radius 1 is 1.22 bits per heavy atom. The van der Waals surface area contributed by atoms with Crippen LogP contribution in [0.5, 0.6) is 0 Å². The van der Waals surface area contributed by atoms with Crippen molar-refractivity contribution in [3.05, 3.63) is 75.8 Å². The molecule has 188 valence electrons. The van der Waals surface area contributed by atoms with Gasteiger partial charge in [-0.3, -0.25) is 4.79 Å². The summed E-state index contributed by atoms with van der Waals surface area (Å²) in [6, 6.07) is 11.9. The van der Waals surface area contributed by atoms with Gasteiger partial charge in [0.15, 0.2) is 0 Å². The van der Waals surface area contributed by atoms with Crippen LogP contribution in [0, 0.1) is 0 Å². The Balaban J connectivity index is 1.30. The van der Waals surface area contributed by atoms with Gasteiger partial charge in [-0.25, -0.2) is 4.39 Å². The van der Waals surface area contributed by atoms with E-state index in [1.165, 1.54) is 6.42 Å². The summed E-state index contributed by atoms with van der Waals surface area (Å²) in [5.41, 5.74) is 3.88. The van der Waals surface area contributed by atoms with E-state index in [1.807, 2.05) is 48.0 Å². The van der Waals surface area contributed by atoms with E-state index in [0.717, 1.165) is 41.0 Å². The molecule has 2 heterocycles. The predicted molar refractivity (Wildman–Crippen MR) is 138 cm³/mol. The Morgan fingerprint density at radius 3 is 2.64 bits per heavy atom. The summed E-state index contributed by atoms with van der Waals surface area (Å²) in [5.74, 6) is 0.691. The van der Waals surface area contributed by atoms with E-state index in [1.54, 1.807) is 11.2 Å². The van der Waals surface area contributed by atoms with Crippen LogP contribution in [0.25, 0.3) is 0 Å². The quantitative estimate of drug-likeness (QED) is 0.469. The number of carbonyl (C=O) groups excluding carboxylic acids is 1. The molecule has 0 spiro atoms. The number of alkyl halides is 1. The van der Waals surface area contributed by atoms with E-state index in [0.29, 0.717) is 30.0 Å². The molecule has 8 heteroatoms. The molecule has 1 aromatic heterocycles. The van der Waals surface area contributed by atoms with Crippen LogP contribution in [0.1, 0.15) is 84.9 Å². The molecule has 0 saturated heterocycles. The first kappa shape index (κ1) is 23.6. The summed E-state index contributed by atoms with van der Waals surface area (Å²) in [4.78, 5) is 15.4. The second-order valence-electron chi connectivity index (χ2n) is 11.1. The Kier molecular flexibility index (Phi) is 5.50. The number of nitrogens with zero attached hydrogens (tertiary/aromatic N) is 4. The highest BCUT2D eigenvalue weighted by molar-refractivity contribution is 6.32. The van der Waals surface area contributed by atoms with Crippen LogP contribution < -0.4 is 10.2 Å². The smallest absolute Gasteiger partial charge is 0.258 e. The largest absolute Gasteiger partial charge is 0.320 e. The molecule has 1 atom stereocenters. The van der Waals surface area contributed by atoms with Gasteiger partial charge in [-0.1, -0.05) is 23.7 Å². The molecule has 2 aromatic carbocycles. The molecule has 6 rings (SSSR count). The molecule has 2 fully saturated rings. The van der Waals surface area contributed by atoms with Gasteiger partial charge in [0, 0.05) is 40.5 Å². The first-order chi connectivity index (χ1) is 17.2. The number of carbonyl (C=O) groups is 1. The lowest BCUT2D eigenvalue weighted by atomic mass is 9.62. The molecule has 0 unspecified atom stereocenters. The minimum Gasteiger partial charge on any atom is -0.320 e. The maximum Gasteiger partial charge on any atom is 0.258 e. The molecule has 2 saturated carbocycles. The van der Waals surface area contributed by atoms with Gasteiger partial charge >= 0.3 is 0 Å². The minimum atomic E-state index is -0.877. The van der Waals surface area contributed by atoms with Gasteiger partial charge in [0.2, 0.25) is 0 Å². The van der Waals surface area contributed by atoms with Crippen molar-refractivity contribution in [1.82, 2.24) is 20.1 Å². The fourth-order valence-corrected chi connectivity index (χ4v) is 6.52. The summed E-state index contributed by atoms with van der Waals surface area (Å²) in [6.07, 6.45) is 5.06. The van der Waals surface area contributed by atoms with Crippen molar-refractivity contribution in [3.8, 4) is 0 Å². The van der Waals surface area contributed by atoms with Crippen molar-refractivity contribution in [3.63, 3.8) is 0 Å². The molecule has 3 aromatic rings. The van der Waals surface area contributed by atoms with Crippen LogP contribution in [0.2, 0.25) is 5.02 Å². The van der Waals surface area contributed by atoms with E-state index in [2.05, 4.69) is 29.4 Å². The van der Waals surface area contributed by atoms with E-state index in [9.17, 15) is 9.18 Å². The highest BCUT2D eigenvalue weighted by Crippen LogP contribution is 2.50. The number of rotatable bonds is 6. The van der Waals surface area contributed by atoms with Crippen molar-refractivity contribution in [1.29, 1.82) is 0 Å². The SMILES string of the molecule is C[C@H](NC1(C)CCC1)c1cc(Cl)c2c(c1)C(=O)N(c1cccc(C3(c4nncn4C)CC(F)C3)c1)C2. The van der Waals surface area contributed by atoms with Gasteiger partial charge in [0.25, 0.3) is 5.91 Å². The Labute approximate surface area is 215 Å². The number of halogens is 2. The second-order valence-corrected chi connectivity index (χ2v) is 11.5. The zero-order valence-corrected chi connectivity index (χ0v) is 21.6. The Bertz CT molecular complexity index is 1340. The number of fused-ring (bicyclic) bond motifs is 1. The summed E-state index contributed by atoms with van der Waals surface area (Å²) < 4.78 is 16.1. The molecule has 36 heavy (non-hydrogen) atoms. The van der Waals surface area contributed by atoms with Gasteiger partial charge in [-0.15, -0.1) is 10.2 Å². The third-order valence-corrected chi connectivity index (χ3v) is 8.86. The standard InChI is InChI=1S/C28H31ClFN5O/c1-17(32-27(2)8-5-9-27)18-10-22-23(24(29)11-18)15-35(25(22)36)21-7-4-6-19(12-21)28(13-20(30)14-28)26-33-31-16-34(26)3/h4,6-7,10-12,16-17,20,32H,5,8-9,13-15H2,1-3H3/t17-,20?,28?/m0/s1. The number of aromatic nitrogens is 3. The van der Waals surface area contributed by atoms with Crippen molar-refractivity contribution in [2.24, 2.45) is 7.05 Å².